The van der Waals surface area contributed by atoms with E-state index in [2.05, 4.69) is 5.32 Å². The van der Waals surface area contributed by atoms with Crippen molar-refractivity contribution >= 4 is 6.09 Å². The lowest BCUT2D eigenvalue weighted by molar-refractivity contribution is -0.0332. The molecule has 0 aliphatic rings. The molecule has 0 aliphatic carbocycles. The molecule has 0 radical (unpaired) electrons. The minimum absolute atomic E-state index is 0.122. The third-order valence-electron chi connectivity index (χ3n) is 1.34. The lowest BCUT2D eigenvalue weighted by Crippen LogP contribution is -2.40. The normalized spacial score (nSPS) is 15.6. The van der Waals surface area contributed by atoms with E-state index in [1.54, 1.807) is 27.7 Å². The Bertz CT molecular complexity index is 201. The molecule has 5 heteroatoms. The summed E-state index contributed by atoms with van der Waals surface area (Å²) in [7, 11) is 0. The van der Waals surface area contributed by atoms with Crippen LogP contribution in [0.4, 0.5) is 9.18 Å². The van der Waals surface area contributed by atoms with Gasteiger partial charge in [0.25, 0.3) is 0 Å². The zero-order chi connectivity index (χ0) is 12.1. The van der Waals surface area contributed by atoms with E-state index in [9.17, 15) is 9.18 Å². The Balaban J connectivity index is 3.77. The van der Waals surface area contributed by atoms with Gasteiger partial charge in [-0.2, -0.15) is 0 Å². The largest absolute Gasteiger partial charge is 0.444 e. The van der Waals surface area contributed by atoms with Crippen LogP contribution in [0.1, 0.15) is 34.6 Å². The molecule has 0 aliphatic heterocycles. The molecule has 0 fully saturated rings. The van der Waals surface area contributed by atoms with E-state index in [0.717, 1.165) is 0 Å². The monoisotopic (exact) mass is 221 g/mol. The number of nitrogens with one attached hydrogen (secondary N) is 1. The maximum absolute atomic E-state index is 12.3. The van der Waals surface area contributed by atoms with E-state index in [1.165, 1.54) is 6.92 Å². The number of carbonyl (C=O) groups excluding carboxylic acids is 1. The highest BCUT2D eigenvalue weighted by Gasteiger charge is 2.17. The third kappa shape index (κ3) is 9.46. The average Bonchev–Trinajstić information content (AvgIpc) is 1.96. The summed E-state index contributed by atoms with van der Waals surface area (Å²) in [5.74, 6) is 0. The van der Waals surface area contributed by atoms with Crippen LogP contribution in [0.15, 0.2) is 0 Å². The standard InChI is InChI=1S/C10H20FNO3/c1-7(6-14-8(2)11)12-9(13)15-10(3,4)5/h7-8H,6H2,1-5H3,(H,12,13)/t7-,8?/m0/s1. The van der Waals surface area contributed by atoms with Crippen molar-refractivity contribution in [3.8, 4) is 0 Å². The molecule has 0 aromatic heterocycles. The van der Waals surface area contributed by atoms with Crippen LogP contribution in [0.2, 0.25) is 0 Å². The van der Waals surface area contributed by atoms with Gasteiger partial charge in [0, 0.05) is 0 Å². The number of hydrogen-bond acceptors (Lipinski definition) is 3. The second-order valence-electron chi connectivity index (χ2n) is 4.42. The molecule has 1 N–H and O–H groups in total. The number of alkyl halides is 1. The minimum Gasteiger partial charge on any atom is -0.444 e. The fraction of sp³-hybridized carbons (Fsp3) is 0.900. The van der Waals surface area contributed by atoms with Crippen LogP contribution in [0.3, 0.4) is 0 Å². The fourth-order valence-corrected chi connectivity index (χ4v) is 0.827. The first kappa shape index (κ1) is 14.2. The quantitative estimate of drug-likeness (QED) is 0.792. The fourth-order valence-electron chi connectivity index (χ4n) is 0.827. The Morgan fingerprint density at radius 3 is 2.33 bits per heavy atom. The Kier molecular flexibility index (Phi) is 5.57. The Hall–Kier alpha value is -0.840. The second-order valence-corrected chi connectivity index (χ2v) is 4.42. The average molecular weight is 221 g/mol. The van der Waals surface area contributed by atoms with Crippen LogP contribution in [-0.2, 0) is 9.47 Å². The maximum atomic E-state index is 12.3. The highest BCUT2D eigenvalue weighted by Crippen LogP contribution is 2.06. The van der Waals surface area contributed by atoms with Crippen molar-refractivity contribution in [2.45, 2.75) is 52.6 Å². The summed E-state index contributed by atoms with van der Waals surface area (Å²) < 4.78 is 22.0. The van der Waals surface area contributed by atoms with Crippen molar-refractivity contribution < 1.29 is 18.7 Å². The summed E-state index contributed by atoms with van der Waals surface area (Å²) in [6.07, 6.45) is -1.85. The van der Waals surface area contributed by atoms with Crippen molar-refractivity contribution in [3.05, 3.63) is 0 Å². The molecule has 0 spiro atoms. The van der Waals surface area contributed by atoms with Crippen molar-refractivity contribution in [1.29, 1.82) is 0 Å². The van der Waals surface area contributed by atoms with Gasteiger partial charge in [-0.1, -0.05) is 0 Å². The number of rotatable bonds is 4. The summed E-state index contributed by atoms with van der Waals surface area (Å²) >= 11 is 0. The Morgan fingerprint density at radius 2 is 1.93 bits per heavy atom. The molecule has 0 saturated heterocycles. The molecule has 1 unspecified atom stereocenters. The molecule has 1 amide bonds. The van der Waals surface area contributed by atoms with Gasteiger partial charge in [-0.3, -0.25) is 0 Å². The molecule has 0 bridgehead atoms. The molecule has 90 valence electrons. The SMILES string of the molecule is CC(F)OC[C@H](C)NC(=O)OC(C)(C)C. The minimum atomic E-state index is -1.33. The zero-order valence-electron chi connectivity index (χ0n) is 9.96. The molecule has 0 aromatic carbocycles. The molecule has 0 saturated carbocycles. The Morgan fingerprint density at radius 1 is 1.40 bits per heavy atom. The van der Waals surface area contributed by atoms with Gasteiger partial charge in [0.05, 0.1) is 12.6 Å². The van der Waals surface area contributed by atoms with Gasteiger partial charge in [0.2, 0.25) is 0 Å². The molecular formula is C10H20FNO3. The van der Waals surface area contributed by atoms with Gasteiger partial charge in [-0.05, 0) is 34.6 Å². The smallest absolute Gasteiger partial charge is 0.407 e. The van der Waals surface area contributed by atoms with Gasteiger partial charge in [-0.25, -0.2) is 9.18 Å². The van der Waals surface area contributed by atoms with Gasteiger partial charge in [-0.15, -0.1) is 0 Å². The van der Waals surface area contributed by atoms with Crippen LogP contribution < -0.4 is 5.32 Å². The van der Waals surface area contributed by atoms with Crippen LogP contribution >= 0.6 is 0 Å². The van der Waals surface area contributed by atoms with E-state index < -0.39 is 18.1 Å². The van der Waals surface area contributed by atoms with Crippen LogP contribution in [0.25, 0.3) is 0 Å². The summed E-state index contributed by atoms with van der Waals surface area (Å²) in [6.45, 7) is 8.45. The highest BCUT2D eigenvalue weighted by atomic mass is 19.1. The predicted octanol–water partition coefficient (Wildman–Crippen LogP) is 2.23. The molecule has 0 rings (SSSR count). The first-order valence-electron chi connectivity index (χ1n) is 4.96. The molecular weight excluding hydrogens is 201 g/mol. The molecule has 15 heavy (non-hydrogen) atoms. The maximum Gasteiger partial charge on any atom is 0.407 e. The lowest BCUT2D eigenvalue weighted by Gasteiger charge is -2.22. The summed E-state index contributed by atoms with van der Waals surface area (Å²) in [5, 5.41) is 2.54. The molecule has 0 heterocycles. The number of ether oxygens (including phenoxy) is 2. The summed E-state index contributed by atoms with van der Waals surface area (Å²) in [5.41, 5.74) is -0.530. The first-order chi connectivity index (χ1) is 6.70. The first-order valence-corrected chi connectivity index (χ1v) is 4.96. The number of halogens is 1. The lowest BCUT2D eigenvalue weighted by atomic mass is 10.2. The number of hydrogen-bond donors (Lipinski definition) is 1. The van der Waals surface area contributed by atoms with E-state index in [1.807, 2.05) is 0 Å². The van der Waals surface area contributed by atoms with Gasteiger partial charge >= 0.3 is 6.09 Å². The predicted molar refractivity (Wildman–Crippen MR) is 55.4 cm³/mol. The van der Waals surface area contributed by atoms with Gasteiger partial charge in [0.15, 0.2) is 6.36 Å². The summed E-state index contributed by atoms with van der Waals surface area (Å²) in [4.78, 5) is 11.2. The van der Waals surface area contributed by atoms with Crippen molar-refractivity contribution in [2.75, 3.05) is 6.61 Å². The molecule has 2 atom stereocenters. The van der Waals surface area contributed by atoms with E-state index in [-0.39, 0.29) is 12.6 Å². The number of alkyl carbamates (subject to hydrolysis) is 1. The van der Waals surface area contributed by atoms with E-state index in [0.29, 0.717) is 0 Å². The van der Waals surface area contributed by atoms with Gasteiger partial charge in [0.1, 0.15) is 5.60 Å². The highest BCUT2D eigenvalue weighted by molar-refractivity contribution is 5.68. The van der Waals surface area contributed by atoms with Gasteiger partial charge < -0.3 is 14.8 Å². The van der Waals surface area contributed by atoms with Crippen LogP contribution in [-0.4, -0.2) is 30.7 Å². The third-order valence-corrected chi connectivity index (χ3v) is 1.34. The molecule has 0 aromatic rings. The van der Waals surface area contributed by atoms with Crippen molar-refractivity contribution in [2.24, 2.45) is 0 Å². The zero-order valence-corrected chi connectivity index (χ0v) is 9.96. The van der Waals surface area contributed by atoms with E-state index >= 15 is 0 Å². The Labute approximate surface area is 90.1 Å². The molecule has 4 nitrogen and oxygen atoms in total. The van der Waals surface area contributed by atoms with Crippen LogP contribution in [0.5, 0.6) is 0 Å². The van der Waals surface area contributed by atoms with Crippen LogP contribution in [0, 0.1) is 0 Å². The van der Waals surface area contributed by atoms with E-state index in [4.69, 9.17) is 9.47 Å². The summed E-state index contributed by atoms with van der Waals surface area (Å²) in [6, 6.07) is -0.280. The van der Waals surface area contributed by atoms with Crippen molar-refractivity contribution in [1.82, 2.24) is 5.32 Å². The van der Waals surface area contributed by atoms with Crippen molar-refractivity contribution in [3.63, 3.8) is 0 Å². The second kappa shape index (κ2) is 5.90. The number of amides is 1. The topological polar surface area (TPSA) is 47.6 Å². The number of carbonyl (C=O) groups is 1.